The maximum atomic E-state index is 12.4. The highest BCUT2D eigenvalue weighted by Crippen LogP contribution is 2.29. The Morgan fingerprint density at radius 2 is 1.56 bits per heavy atom. The van der Waals surface area contributed by atoms with Gasteiger partial charge in [0.15, 0.2) is 6.73 Å². The summed E-state index contributed by atoms with van der Waals surface area (Å²) in [5.74, 6) is -0.747. The Bertz CT molecular complexity index is 1480. The van der Waals surface area contributed by atoms with Crippen LogP contribution in [0.25, 0.3) is 10.8 Å². The van der Waals surface area contributed by atoms with Crippen LogP contribution >= 0.6 is 11.6 Å². The van der Waals surface area contributed by atoms with Crippen LogP contribution in [-0.4, -0.2) is 40.7 Å². The molecule has 5 rings (SSSR count). The van der Waals surface area contributed by atoms with Crippen LogP contribution in [0.1, 0.15) is 36.6 Å². The van der Waals surface area contributed by atoms with E-state index in [1.165, 1.54) is 24.4 Å². The SMILES string of the molecule is N=Cc1ccc(OCN2C(=O)c3ccccc3C2=O)c2ccccc12.NC(=O)c1ccc(O)c(Cl)c1. The average molecular weight is 502 g/mol. The van der Waals surface area contributed by atoms with Gasteiger partial charge in [-0.05, 0) is 47.9 Å². The number of amides is 3. The first-order valence-electron chi connectivity index (χ1n) is 10.7. The number of carbonyl (C=O) groups is 3. The molecular weight excluding hydrogens is 482 g/mol. The highest BCUT2D eigenvalue weighted by molar-refractivity contribution is 6.32. The van der Waals surface area contributed by atoms with E-state index in [0.717, 1.165) is 21.2 Å². The van der Waals surface area contributed by atoms with Crippen molar-refractivity contribution in [3.8, 4) is 11.5 Å². The van der Waals surface area contributed by atoms with Crippen molar-refractivity contribution < 1.29 is 24.2 Å². The lowest BCUT2D eigenvalue weighted by Gasteiger charge is -2.16. The smallest absolute Gasteiger partial charge is 0.264 e. The van der Waals surface area contributed by atoms with Gasteiger partial charge in [0.2, 0.25) is 5.91 Å². The van der Waals surface area contributed by atoms with Crippen molar-refractivity contribution in [1.29, 1.82) is 5.41 Å². The molecule has 36 heavy (non-hydrogen) atoms. The van der Waals surface area contributed by atoms with Gasteiger partial charge < -0.3 is 21.0 Å². The Kier molecular flexibility index (Phi) is 6.98. The number of phenolic OH excluding ortho intramolecular Hbond substituents is 1. The van der Waals surface area contributed by atoms with E-state index in [9.17, 15) is 14.4 Å². The Hall–Kier alpha value is -4.69. The number of nitrogens with two attached hydrogens (primary N) is 1. The number of halogens is 1. The molecule has 0 spiro atoms. The van der Waals surface area contributed by atoms with Gasteiger partial charge in [-0.1, -0.05) is 48.0 Å². The monoisotopic (exact) mass is 501 g/mol. The van der Waals surface area contributed by atoms with Crippen molar-refractivity contribution in [2.45, 2.75) is 0 Å². The molecular formula is C27H20ClN3O5. The summed E-state index contributed by atoms with van der Waals surface area (Å²) in [4.78, 5) is 36.4. The fourth-order valence-electron chi connectivity index (χ4n) is 3.70. The molecule has 1 heterocycles. The lowest BCUT2D eigenvalue weighted by Crippen LogP contribution is -2.33. The first kappa shape index (κ1) is 24.4. The van der Waals surface area contributed by atoms with Gasteiger partial charge in [0.1, 0.15) is 11.5 Å². The maximum absolute atomic E-state index is 12.4. The third kappa shape index (κ3) is 4.75. The van der Waals surface area contributed by atoms with E-state index in [-0.39, 0.29) is 34.9 Å². The minimum atomic E-state index is -0.563. The number of hydrogen-bond donors (Lipinski definition) is 3. The van der Waals surface area contributed by atoms with Gasteiger partial charge in [-0.25, -0.2) is 4.90 Å². The lowest BCUT2D eigenvalue weighted by molar-refractivity contribution is 0.0524. The highest BCUT2D eigenvalue weighted by atomic mass is 35.5. The molecule has 9 heteroatoms. The number of fused-ring (bicyclic) bond motifs is 2. The Morgan fingerprint density at radius 3 is 2.14 bits per heavy atom. The maximum Gasteiger partial charge on any atom is 0.264 e. The molecule has 0 unspecified atom stereocenters. The summed E-state index contributed by atoms with van der Waals surface area (Å²) in [5.41, 5.74) is 6.83. The van der Waals surface area contributed by atoms with Crippen molar-refractivity contribution >= 4 is 46.3 Å². The van der Waals surface area contributed by atoms with Crippen LogP contribution in [0.4, 0.5) is 0 Å². The number of carbonyl (C=O) groups excluding carboxylic acids is 3. The number of imide groups is 1. The zero-order valence-electron chi connectivity index (χ0n) is 18.8. The first-order chi connectivity index (χ1) is 17.3. The van der Waals surface area contributed by atoms with E-state index in [4.69, 9.17) is 32.6 Å². The van der Waals surface area contributed by atoms with E-state index in [0.29, 0.717) is 16.9 Å². The van der Waals surface area contributed by atoms with Crippen molar-refractivity contribution in [2.24, 2.45) is 5.73 Å². The molecule has 3 amide bonds. The fourth-order valence-corrected chi connectivity index (χ4v) is 3.88. The minimum absolute atomic E-state index is 0.0586. The molecule has 1 aliphatic rings. The van der Waals surface area contributed by atoms with Crippen LogP contribution in [0.5, 0.6) is 11.5 Å². The second kappa shape index (κ2) is 10.3. The molecule has 180 valence electrons. The van der Waals surface area contributed by atoms with Crippen LogP contribution in [0.3, 0.4) is 0 Å². The zero-order valence-corrected chi connectivity index (χ0v) is 19.5. The number of primary amides is 1. The fraction of sp³-hybridized carbons (Fsp3) is 0.0370. The van der Waals surface area contributed by atoms with Gasteiger partial charge in [0.25, 0.3) is 11.8 Å². The molecule has 0 saturated carbocycles. The topological polar surface area (TPSA) is 134 Å². The normalized spacial score (nSPS) is 12.1. The zero-order chi connectivity index (χ0) is 25.8. The summed E-state index contributed by atoms with van der Waals surface area (Å²) >= 11 is 5.50. The van der Waals surface area contributed by atoms with E-state index in [2.05, 4.69) is 0 Å². The summed E-state index contributed by atoms with van der Waals surface area (Å²) in [6.45, 7) is -0.153. The first-order valence-corrected chi connectivity index (χ1v) is 11.1. The molecule has 0 atom stereocenters. The Balaban J connectivity index is 0.000000233. The second-order valence-electron chi connectivity index (χ2n) is 7.73. The molecule has 4 N–H and O–H groups in total. The van der Waals surface area contributed by atoms with Crippen molar-refractivity contribution in [3.63, 3.8) is 0 Å². The summed E-state index contributed by atoms with van der Waals surface area (Å²) in [7, 11) is 0. The molecule has 1 aliphatic heterocycles. The number of ether oxygens (including phenoxy) is 1. The number of phenols is 1. The lowest BCUT2D eigenvalue weighted by atomic mass is 10.0. The predicted octanol–water partition coefficient (Wildman–Crippen LogP) is 4.61. The van der Waals surface area contributed by atoms with Crippen LogP contribution in [0, 0.1) is 5.41 Å². The predicted molar refractivity (Wildman–Crippen MR) is 136 cm³/mol. The van der Waals surface area contributed by atoms with Gasteiger partial charge in [0, 0.05) is 22.7 Å². The molecule has 0 bridgehead atoms. The van der Waals surface area contributed by atoms with Gasteiger partial charge in [0.05, 0.1) is 16.1 Å². The quantitative estimate of drug-likeness (QED) is 0.271. The molecule has 4 aromatic rings. The largest absolute Gasteiger partial charge is 0.506 e. The van der Waals surface area contributed by atoms with Gasteiger partial charge in [-0.3, -0.25) is 14.4 Å². The third-order valence-corrected chi connectivity index (χ3v) is 5.84. The Labute approximate surface area is 211 Å². The summed E-state index contributed by atoms with van der Waals surface area (Å²) in [5, 5.41) is 18.3. The number of nitrogens with zero attached hydrogens (tertiary/aromatic N) is 1. The minimum Gasteiger partial charge on any atom is -0.506 e. The van der Waals surface area contributed by atoms with Gasteiger partial charge >= 0.3 is 0 Å². The molecule has 8 nitrogen and oxygen atoms in total. The van der Waals surface area contributed by atoms with E-state index < -0.39 is 5.91 Å². The third-order valence-electron chi connectivity index (χ3n) is 5.53. The molecule has 4 aromatic carbocycles. The summed E-state index contributed by atoms with van der Waals surface area (Å²) in [6.07, 6.45) is 1.29. The number of nitrogens with one attached hydrogen (secondary N) is 1. The van der Waals surface area contributed by atoms with Crippen molar-refractivity contribution in [3.05, 3.63) is 106 Å². The number of aromatic hydroxyl groups is 1. The van der Waals surface area contributed by atoms with E-state index in [1.807, 2.05) is 24.3 Å². The number of benzene rings is 4. The molecule has 0 aromatic heterocycles. The standard InChI is InChI=1S/C20H14N2O3.C7H6ClNO2/c21-11-13-9-10-18(15-6-2-1-5-14(13)15)25-12-22-19(23)16-7-3-4-8-17(16)20(22)24;8-5-3-4(7(9)11)1-2-6(5)10/h1-11,21H,12H2;1-3,10H,(H2,9,11). The Morgan fingerprint density at radius 1 is 0.944 bits per heavy atom. The molecule has 0 aliphatic carbocycles. The average Bonchev–Trinajstić information content (AvgIpc) is 3.14. The van der Waals surface area contributed by atoms with E-state index in [1.54, 1.807) is 36.4 Å². The van der Waals surface area contributed by atoms with Crippen LogP contribution in [0.2, 0.25) is 5.02 Å². The molecule has 0 saturated heterocycles. The van der Waals surface area contributed by atoms with Crippen LogP contribution in [-0.2, 0) is 0 Å². The second-order valence-corrected chi connectivity index (χ2v) is 8.14. The van der Waals surface area contributed by atoms with E-state index >= 15 is 0 Å². The van der Waals surface area contributed by atoms with Gasteiger partial charge in [-0.15, -0.1) is 0 Å². The molecule has 0 radical (unpaired) electrons. The van der Waals surface area contributed by atoms with Crippen LogP contribution in [0.15, 0.2) is 78.9 Å². The summed E-state index contributed by atoms with van der Waals surface area (Å²) < 4.78 is 5.78. The molecule has 0 fully saturated rings. The van der Waals surface area contributed by atoms with Gasteiger partial charge in [-0.2, -0.15) is 0 Å². The number of rotatable bonds is 5. The van der Waals surface area contributed by atoms with Crippen LogP contribution < -0.4 is 10.5 Å². The van der Waals surface area contributed by atoms with Crippen molar-refractivity contribution in [1.82, 2.24) is 4.90 Å². The number of hydrogen-bond acceptors (Lipinski definition) is 6. The summed E-state index contributed by atoms with van der Waals surface area (Å²) in [6, 6.07) is 21.9. The van der Waals surface area contributed by atoms with Crippen molar-refractivity contribution in [2.75, 3.05) is 6.73 Å². The highest BCUT2D eigenvalue weighted by Gasteiger charge is 2.35.